The molecule has 1 aromatic rings. The zero-order valence-electron chi connectivity index (χ0n) is 11.4. The Hall–Kier alpha value is -0.710. The van der Waals surface area contributed by atoms with E-state index >= 15 is 0 Å². The van der Waals surface area contributed by atoms with Crippen molar-refractivity contribution in [2.24, 2.45) is 0 Å². The van der Waals surface area contributed by atoms with Crippen LogP contribution in [0.15, 0.2) is 17.5 Å². The second kappa shape index (κ2) is 6.16. The molecule has 2 aliphatic heterocycles. The summed E-state index contributed by atoms with van der Waals surface area (Å²) in [6, 6.07) is 4.58. The molecule has 0 N–H and O–H groups in total. The summed E-state index contributed by atoms with van der Waals surface area (Å²) in [5.41, 5.74) is 0. The van der Waals surface area contributed by atoms with Crippen molar-refractivity contribution in [1.82, 2.24) is 9.80 Å². The molecule has 3 heterocycles. The molecule has 3 nitrogen and oxygen atoms in total. The van der Waals surface area contributed by atoms with E-state index in [2.05, 4.69) is 9.80 Å². The van der Waals surface area contributed by atoms with Gasteiger partial charge >= 0.3 is 0 Å². The summed E-state index contributed by atoms with van der Waals surface area (Å²) in [6.45, 7) is 5.29. The third kappa shape index (κ3) is 3.25. The highest BCUT2D eigenvalue weighted by molar-refractivity contribution is 7.12. The van der Waals surface area contributed by atoms with E-state index in [1.807, 2.05) is 17.5 Å². The van der Waals surface area contributed by atoms with E-state index < -0.39 is 0 Å². The van der Waals surface area contributed by atoms with Gasteiger partial charge in [0.15, 0.2) is 5.78 Å². The first-order valence-corrected chi connectivity index (χ1v) is 8.24. The molecule has 0 aliphatic carbocycles. The number of hydrogen-bond acceptors (Lipinski definition) is 4. The lowest BCUT2D eigenvalue weighted by Crippen LogP contribution is -2.41. The van der Waals surface area contributed by atoms with Gasteiger partial charge in [0.05, 0.1) is 11.4 Å². The largest absolute Gasteiger partial charge is 0.299 e. The zero-order chi connectivity index (χ0) is 13.1. The van der Waals surface area contributed by atoms with Crippen LogP contribution in [-0.4, -0.2) is 54.3 Å². The molecule has 19 heavy (non-hydrogen) atoms. The van der Waals surface area contributed by atoms with Crippen LogP contribution in [-0.2, 0) is 0 Å². The van der Waals surface area contributed by atoms with Crippen LogP contribution in [0.5, 0.6) is 0 Å². The fraction of sp³-hybridized carbons (Fsp3) is 0.667. The first-order chi connectivity index (χ1) is 9.33. The Balaban J connectivity index is 1.50. The molecule has 2 aliphatic rings. The second-order valence-electron chi connectivity index (χ2n) is 5.67. The number of hydrogen-bond donors (Lipinski definition) is 0. The SMILES string of the molecule is O=C(CN1CCC(N2CCCCC2)C1)c1cccs1. The minimum Gasteiger partial charge on any atom is -0.299 e. The average Bonchev–Trinajstić information content (AvgIpc) is 3.11. The summed E-state index contributed by atoms with van der Waals surface area (Å²) in [6.07, 6.45) is 5.33. The van der Waals surface area contributed by atoms with Gasteiger partial charge in [0.1, 0.15) is 0 Å². The molecule has 1 aromatic heterocycles. The van der Waals surface area contributed by atoms with E-state index in [1.54, 1.807) is 11.3 Å². The van der Waals surface area contributed by atoms with Crippen molar-refractivity contribution in [3.8, 4) is 0 Å². The second-order valence-corrected chi connectivity index (χ2v) is 6.62. The number of carbonyl (C=O) groups excluding carboxylic acids is 1. The van der Waals surface area contributed by atoms with Crippen molar-refractivity contribution in [2.75, 3.05) is 32.7 Å². The Bertz CT molecular complexity index is 412. The number of rotatable bonds is 4. The van der Waals surface area contributed by atoms with Gasteiger partial charge in [-0.15, -0.1) is 11.3 Å². The van der Waals surface area contributed by atoms with Gasteiger partial charge in [-0.3, -0.25) is 14.6 Å². The topological polar surface area (TPSA) is 23.6 Å². The number of ketones is 1. The normalized spacial score (nSPS) is 25.8. The van der Waals surface area contributed by atoms with Crippen molar-refractivity contribution in [3.05, 3.63) is 22.4 Å². The first kappa shape index (κ1) is 13.3. The molecule has 0 aromatic carbocycles. The Morgan fingerprint density at radius 2 is 2.11 bits per heavy atom. The van der Waals surface area contributed by atoms with Crippen molar-refractivity contribution >= 4 is 17.1 Å². The highest BCUT2D eigenvalue weighted by Gasteiger charge is 2.29. The summed E-state index contributed by atoms with van der Waals surface area (Å²) in [5, 5.41) is 1.98. The number of carbonyl (C=O) groups is 1. The Labute approximate surface area is 119 Å². The van der Waals surface area contributed by atoms with Crippen LogP contribution in [0.25, 0.3) is 0 Å². The zero-order valence-corrected chi connectivity index (χ0v) is 12.2. The van der Waals surface area contributed by atoms with Gasteiger partial charge in [-0.25, -0.2) is 0 Å². The summed E-state index contributed by atoms with van der Waals surface area (Å²) >= 11 is 1.56. The number of likely N-dealkylation sites (tertiary alicyclic amines) is 2. The third-order valence-corrected chi connectivity index (χ3v) is 5.23. The molecule has 1 atom stereocenters. The van der Waals surface area contributed by atoms with Crippen LogP contribution in [0.1, 0.15) is 35.4 Å². The lowest BCUT2D eigenvalue weighted by Gasteiger charge is -2.32. The molecule has 2 saturated heterocycles. The van der Waals surface area contributed by atoms with Gasteiger partial charge in [-0.2, -0.15) is 0 Å². The van der Waals surface area contributed by atoms with Crippen LogP contribution >= 0.6 is 11.3 Å². The quantitative estimate of drug-likeness (QED) is 0.791. The van der Waals surface area contributed by atoms with Gasteiger partial charge in [0.2, 0.25) is 0 Å². The maximum Gasteiger partial charge on any atom is 0.186 e. The van der Waals surface area contributed by atoms with Crippen LogP contribution in [0, 0.1) is 0 Å². The van der Waals surface area contributed by atoms with Gasteiger partial charge in [0, 0.05) is 19.1 Å². The number of piperidine rings is 1. The number of Topliss-reactive ketones (excluding diaryl/α,β-unsaturated/α-hetero) is 1. The van der Waals surface area contributed by atoms with E-state index in [0.29, 0.717) is 12.6 Å². The lowest BCUT2D eigenvalue weighted by molar-refractivity contribution is 0.0940. The minimum atomic E-state index is 0.286. The molecular weight excluding hydrogens is 256 g/mol. The predicted molar refractivity (Wildman–Crippen MR) is 78.9 cm³/mol. The van der Waals surface area contributed by atoms with E-state index in [-0.39, 0.29) is 5.78 Å². The Morgan fingerprint density at radius 1 is 1.26 bits per heavy atom. The molecule has 1 unspecified atom stereocenters. The maximum absolute atomic E-state index is 12.1. The summed E-state index contributed by atoms with van der Waals surface area (Å²) < 4.78 is 0. The lowest BCUT2D eigenvalue weighted by atomic mass is 10.1. The van der Waals surface area contributed by atoms with E-state index in [4.69, 9.17) is 0 Å². The molecule has 0 amide bonds. The summed E-state index contributed by atoms with van der Waals surface area (Å²) in [4.78, 5) is 18.0. The monoisotopic (exact) mass is 278 g/mol. The van der Waals surface area contributed by atoms with Crippen LogP contribution in [0.3, 0.4) is 0 Å². The first-order valence-electron chi connectivity index (χ1n) is 7.36. The average molecular weight is 278 g/mol. The Morgan fingerprint density at radius 3 is 2.84 bits per heavy atom. The fourth-order valence-electron chi connectivity index (χ4n) is 3.26. The van der Waals surface area contributed by atoms with Crippen molar-refractivity contribution in [1.29, 1.82) is 0 Å². The van der Waals surface area contributed by atoms with Crippen molar-refractivity contribution in [2.45, 2.75) is 31.7 Å². The third-order valence-electron chi connectivity index (χ3n) is 4.32. The number of nitrogens with zero attached hydrogens (tertiary/aromatic N) is 2. The Kier molecular flexibility index (Phi) is 4.31. The molecule has 0 radical (unpaired) electrons. The summed E-state index contributed by atoms with van der Waals surface area (Å²) in [5.74, 6) is 0.286. The molecule has 104 valence electrons. The minimum absolute atomic E-state index is 0.286. The van der Waals surface area contributed by atoms with Gasteiger partial charge in [0.25, 0.3) is 0 Å². The predicted octanol–water partition coefficient (Wildman–Crippen LogP) is 2.49. The smallest absolute Gasteiger partial charge is 0.186 e. The molecule has 0 saturated carbocycles. The van der Waals surface area contributed by atoms with E-state index in [1.165, 1.54) is 38.8 Å². The van der Waals surface area contributed by atoms with Gasteiger partial charge in [-0.1, -0.05) is 12.5 Å². The molecular formula is C15H22N2OS. The van der Waals surface area contributed by atoms with Crippen LogP contribution < -0.4 is 0 Å². The van der Waals surface area contributed by atoms with Gasteiger partial charge < -0.3 is 0 Å². The van der Waals surface area contributed by atoms with E-state index in [9.17, 15) is 4.79 Å². The van der Waals surface area contributed by atoms with Crippen LogP contribution in [0.4, 0.5) is 0 Å². The van der Waals surface area contributed by atoms with Gasteiger partial charge in [-0.05, 0) is 43.8 Å². The van der Waals surface area contributed by atoms with Crippen molar-refractivity contribution in [3.63, 3.8) is 0 Å². The summed E-state index contributed by atoms with van der Waals surface area (Å²) in [7, 11) is 0. The standard InChI is InChI=1S/C15H22N2OS/c18-14(15-5-4-10-19-15)12-16-9-6-13(11-16)17-7-2-1-3-8-17/h4-5,10,13H,1-3,6-9,11-12H2. The number of thiophene rings is 1. The van der Waals surface area contributed by atoms with Crippen molar-refractivity contribution < 1.29 is 4.79 Å². The molecule has 0 spiro atoms. The highest BCUT2D eigenvalue weighted by Crippen LogP contribution is 2.20. The molecule has 3 rings (SSSR count). The van der Waals surface area contributed by atoms with E-state index in [0.717, 1.165) is 18.0 Å². The van der Waals surface area contributed by atoms with Crippen LogP contribution in [0.2, 0.25) is 0 Å². The molecule has 0 bridgehead atoms. The molecule has 4 heteroatoms. The maximum atomic E-state index is 12.1. The fourth-order valence-corrected chi connectivity index (χ4v) is 3.91. The highest BCUT2D eigenvalue weighted by atomic mass is 32.1. The molecule has 2 fully saturated rings.